The van der Waals surface area contributed by atoms with E-state index in [4.69, 9.17) is 4.52 Å². The van der Waals surface area contributed by atoms with E-state index in [-0.39, 0.29) is 17.9 Å². The van der Waals surface area contributed by atoms with Crippen LogP contribution >= 0.6 is 0 Å². The Labute approximate surface area is 179 Å². The summed E-state index contributed by atoms with van der Waals surface area (Å²) in [6, 6.07) is 0.0774. The van der Waals surface area contributed by atoms with Gasteiger partial charge in [0.1, 0.15) is 0 Å². The average molecular weight is 418 g/mol. The lowest BCUT2D eigenvalue weighted by molar-refractivity contribution is -0.134. The van der Waals surface area contributed by atoms with Crippen LogP contribution in [-0.4, -0.2) is 82.0 Å². The van der Waals surface area contributed by atoms with Crippen molar-refractivity contribution in [3.8, 4) is 0 Å². The van der Waals surface area contributed by atoms with Crippen LogP contribution in [0.5, 0.6) is 0 Å². The number of likely N-dealkylation sites (tertiary alicyclic amines) is 2. The average Bonchev–Trinajstić information content (AvgIpc) is 3.26. The van der Waals surface area contributed by atoms with Crippen molar-refractivity contribution in [2.75, 3.05) is 39.3 Å². The molecule has 2 saturated heterocycles. The van der Waals surface area contributed by atoms with Gasteiger partial charge in [0, 0.05) is 38.9 Å². The molecule has 166 valence electrons. The predicted octanol–water partition coefficient (Wildman–Crippen LogP) is 2.20. The van der Waals surface area contributed by atoms with Crippen LogP contribution in [0.1, 0.15) is 75.9 Å². The summed E-state index contributed by atoms with van der Waals surface area (Å²) in [5.41, 5.74) is 0. The van der Waals surface area contributed by atoms with E-state index in [1.54, 1.807) is 6.92 Å². The number of carbonyl (C=O) groups is 2. The molecule has 1 aromatic heterocycles. The van der Waals surface area contributed by atoms with Crippen molar-refractivity contribution in [2.24, 2.45) is 0 Å². The monoisotopic (exact) mass is 417 g/mol. The maximum Gasteiger partial charge on any atom is 0.236 e. The van der Waals surface area contributed by atoms with E-state index in [2.05, 4.69) is 15.0 Å². The maximum absolute atomic E-state index is 12.8. The van der Waals surface area contributed by atoms with Crippen LogP contribution in [0.25, 0.3) is 0 Å². The van der Waals surface area contributed by atoms with Crippen LogP contribution in [0, 0.1) is 0 Å². The first kappa shape index (κ1) is 21.3. The van der Waals surface area contributed by atoms with E-state index in [1.807, 2.05) is 9.80 Å². The maximum atomic E-state index is 12.8. The lowest BCUT2D eigenvalue weighted by Crippen LogP contribution is -2.44. The van der Waals surface area contributed by atoms with Crippen LogP contribution < -0.4 is 0 Å². The number of nitrogens with zero attached hydrogens (tertiary/aromatic N) is 5. The van der Waals surface area contributed by atoms with Crippen molar-refractivity contribution in [1.82, 2.24) is 24.8 Å². The largest absolute Gasteiger partial charge is 0.339 e. The Balaban J connectivity index is 1.27. The summed E-state index contributed by atoms with van der Waals surface area (Å²) in [7, 11) is 0. The zero-order chi connectivity index (χ0) is 20.9. The number of amides is 2. The highest BCUT2D eigenvalue weighted by atomic mass is 16.5. The van der Waals surface area contributed by atoms with Crippen molar-refractivity contribution in [1.29, 1.82) is 0 Å². The number of carbonyl (C=O) groups excluding carboxylic acids is 2. The Morgan fingerprint density at radius 1 is 1.07 bits per heavy atom. The highest BCUT2D eigenvalue weighted by molar-refractivity contribution is 5.79. The van der Waals surface area contributed by atoms with E-state index in [9.17, 15) is 9.59 Å². The SMILES string of the molecule is CC(=O)N(CCc1noc(C2CCC2)n1)C1CCN(C(=O)CN2CCCCCC2)C1. The first-order valence-corrected chi connectivity index (χ1v) is 11.7. The minimum atomic E-state index is 0.0459. The van der Waals surface area contributed by atoms with Crippen LogP contribution in [0.4, 0.5) is 0 Å². The second-order valence-corrected chi connectivity index (χ2v) is 9.11. The molecule has 2 aliphatic heterocycles. The third-order valence-electron chi connectivity index (χ3n) is 6.93. The molecular formula is C22H35N5O3. The van der Waals surface area contributed by atoms with E-state index < -0.39 is 0 Å². The van der Waals surface area contributed by atoms with Gasteiger partial charge in [-0.1, -0.05) is 24.4 Å². The fraction of sp³-hybridized carbons (Fsp3) is 0.818. The predicted molar refractivity (Wildman–Crippen MR) is 112 cm³/mol. The summed E-state index contributed by atoms with van der Waals surface area (Å²) in [5, 5.41) is 4.10. The highest BCUT2D eigenvalue weighted by Crippen LogP contribution is 2.35. The van der Waals surface area contributed by atoms with Gasteiger partial charge in [0.05, 0.1) is 12.6 Å². The van der Waals surface area contributed by atoms with Gasteiger partial charge in [-0.25, -0.2) is 0 Å². The molecule has 8 heteroatoms. The van der Waals surface area contributed by atoms with E-state index in [0.717, 1.165) is 44.8 Å². The Morgan fingerprint density at radius 2 is 1.83 bits per heavy atom. The van der Waals surface area contributed by atoms with Crippen molar-refractivity contribution in [3.05, 3.63) is 11.7 Å². The van der Waals surface area contributed by atoms with E-state index in [0.29, 0.717) is 37.8 Å². The van der Waals surface area contributed by atoms with Gasteiger partial charge in [0.25, 0.3) is 0 Å². The molecule has 8 nitrogen and oxygen atoms in total. The van der Waals surface area contributed by atoms with Crippen molar-refractivity contribution < 1.29 is 14.1 Å². The molecule has 1 aliphatic carbocycles. The van der Waals surface area contributed by atoms with Gasteiger partial charge in [-0.05, 0) is 45.2 Å². The molecule has 0 radical (unpaired) electrons. The highest BCUT2D eigenvalue weighted by Gasteiger charge is 2.32. The third kappa shape index (κ3) is 5.20. The quantitative estimate of drug-likeness (QED) is 0.676. The molecule has 3 heterocycles. The smallest absolute Gasteiger partial charge is 0.236 e. The molecule has 4 rings (SSSR count). The molecule has 1 saturated carbocycles. The first-order chi connectivity index (χ1) is 14.6. The lowest BCUT2D eigenvalue weighted by atomic mass is 9.85. The van der Waals surface area contributed by atoms with Gasteiger partial charge in [0.2, 0.25) is 17.7 Å². The molecule has 1 unspecified atom stereocenters. The van der Waals surface area contributed by atoms with Crippen LogP contribution in [-0.2, 0) is 16.0 Å². The minimum Gasteiger partial charge on any atom is -0.339 e. The fourth-order valence-corrected chi connectivity index (χ4v) is 4.82. The van der Waals surface area contributed by atoms with Crippen molar-refractivity contribution in [2.45, 2.75) is 76.7 Å². The number of rotatable bonds is 7. The molecule has 0 N–H and O–H groups in total. The summed E-state index contributed by atoms with van der Waals surface area (Å²) < 4.78 is 5.39. The lowest BCUT2D eigenvalue weighted by Gasteiger charge is -2.28. The van der Waals surface area contributed by atoms with Gasteiger partial charge in [0.15, 0.2) is 5.82 Å². The summed E-state index contributed by atoms with van der Waals surface area (Å²) >= 11 is 0. The molecule has 30 heavy (non-hydrogen) atoms. The first-order valence-electron chi connectivity index (χ1n) is 11.7. The molecule has 3 aliphatic rings. The Hall–Kier alpha value is -1.96. The summed E-state index contributed by atoms with van der Waals surface area (Å²) in [4.78, 5) is 35.7. The number of hydrogen-bond acceptors (Lipinski definition) is 6. The molecule has 2 amide bonds. The Bertz CT molecular complexity index is 724. The van der Waals surface area contributed by atoms with Gasteiger partial charge in [-0.15, -0.1) is 0 Å². The zero-order valence-electron chi connectivity index (χ0n) is 18.2. The Morgan fingerprint density at radius 3 is 2.50 bits per heavy atom. The standard InChI is InChI=1S/C22H35N5O3/c1-17(28)27(14-10-20-23-22(30-24-20)18-7-6-8-18)19-9-13-26(15-19)21(29)16-25-11-4-2-3-5-12-25/h18-19H,2-16H2,1H3. The molecule has 1 aromatic rings. The van der Waals surface area contributed by atoms with E-state index >= 15 is 0 Å². The van der Waals surface area contributed by atoms with Gasteiger partial charge in [-0.3, -0.25) is 14.5 Å². The molecule has 3 fully saturated rings. The van der Waals surface area contributed by atoms with Crippen molar-refractivity contribution >= 4 is 11.8 Å². The third-order valence-corrected chi connectivity index (χ3v) is 6.93. The van der Waals surface area contributed by atoms with Gasteiger partial charge in [-0.2, -0.15) is 4.98 Å². The second-order valence-electron chi connectivity index (χ2n) is 9.11. The van der Waals surface area contributed by atoms with Crippen molar-refractivity contribution in [3.63, 3.8) is 0 Å². The van der Waals surface area contributed by atoms with Crippen LogP contribution in [0.2, 0.25) is 0 Å². The number of hydrogen-bond donors (Lipinski definition) is 0. The second kappa shape index (κ2) is 9.90. The summed E-state index contributed by atoms with van der Waals surface area (Å²) in [6.07, 6.45) is 9.83. The van der Waals surface area contributed by atoms with Gasteiger partial charge < -0.3 is 14.3 Å². The van der Waals surface area contributed by atoms with Gasteiger partial charge >= 0.3 is 0 Å². The zero-order valence-corrected chi connectivity index (χ0v) is 18.2. The normalized spacial score (nSPS) is 23.2. The summed E-state index contributed by atoms with van der Waals surface area (Å²) in [5.74, 6) is 2.09. The molecule has 1 atom stereocenters. The molecule has 0 bridgehead atoms. The fourth-order valence-electron chi connectivity index (χ4n) is 4.82. The van der Waals surface area contributed by atoms with Crippen LogP contribution in [0.3, 0.4) is 0 Å². The molecule has 0 aromatic carbocycles. The number of aromatic nitrogens is 2. The minimum absolute atomic E-state index is 0.0459. The molecule has 0 spiro atoms. The Kier molecular flexibility index (Phi) is 7.02. The van der Waals surface area contributed by atoms with Crippen LogP contribution in [0.15, 0.2) is 4.52 Å². The summed E-state index contributed by atoms with van der Waals surface area (Å²) in [6.45, 7) is 6.10. The molecular weight excluding hydrogens is 382 g/mol. The van der Waals surface area contributed by atoms with E-state index in [1.165, 1.54) is 32.1 Å². The topological polar surface area (TPSA) is 82.8 Å².